The predicted molar refractivity (Wildman–Crippen MR) is 293 cm³/mol. The van der Waals surface area contributed by atoms with Crippen molar-refractivity contribution in [2.75, 3.05) is 11.4 Å². The molecule has 11 atom stereocenters. The molecule has 0 fully saturated rings. The van der Waals surface area contributed by atoms with Crippen LogP contribution in [0.4, 0.5) is 11.4 Å². The molecule has 1 aliphatic heterocycles. The molecule has 9 aliphatic rings. The summed E-state index contributed by atoms with van der Waals surface area (Å²) in [6.07, 6.45) is 57.5. The lowest BCUT2D eigenvalue weighted by atomic mass is 9.64. The summed E-state index contributed by atoms with van der Waals surface area (Å²) in [6.45, 7) is 3.21. The van der Waals surface area contributed by atoms with Crippen molar-refractivity contribution in [3.8, 4) is 0 Å². The van der Waals surface area contributed by atoms with Crippen LogP contribution in [0.5, 0.6) is 0 Å². The first-order valence-corrected chi connectivity index (χ1v) is 26.1. The van der Waals surface area contributed by atoms with E-state index in [9.17, 15) is 0 Å². The van der Waals surface area contributed by atoms with E-state index in [1.54, 1.807) is 0 Å². The first-order valence-electron chi connectivity index (χ1n) is 26.1. The van der Waals surface area contributed by atoms with Gasteiger partial charge in [-0.05, 0) is 119 Å². The lowest BCUT2D eigenvalue weighted by Crippen LogP contribution is -2.54. The highest BCUT2D eigenvalue weighted by molar-refractivity contribution is 6.04. The van der Waals surface area contributed by atoms with Gasteiger partial charge in [0.15, 0.2) is 0 Å². The summed E-state index contributed by atoms with van der Waals surface area (Å²) in [6, 6.07) is 30.7. The molecule has 2 N–H and O–H groups in total. The third-order valence-electron chi connectivity index (χ3n) is 17.3. The third kappa shape index (κ3) is 6.86. The van der Waals surface area contributed by atoms with Crippen LogP contribution in [0.2, 0.25) is 0 Å². The Morgan fingerprint density at radius 1 is 0.686 bits per heavy atom. The van der Waals surface area contributed by atoms with Gasteiger partial charge in [0, 0.05) is 75.9 Å². The topological polar surface area (TPSA) is 32.2 Å². The van der Waals surface area contributed by atoms with E-state index in [2.05, 4.69) is 246 Å². The number of benzene rings is 4. The highest BCUT2D eigenvalue weighted by Crippen LogP contribution is 2.52. The Balaban J connectivity index is 0.866. The number of aromatic nitrogens is 1. The van der Waals surface area contributed by atoms with Crippen molar-refractivity contribution < 1.29 is 0 Å². The summed E-state index contributed by atoms with van der Waals surface area (Å²) in [5, 5.41) is 12.5. The maximum atomic E-state index is 4.33. The predicted octanol–water partition coefficient (Wildman–Crippen LogP) is 14.3. The Hall–Kier alpha value is -6.98. The van der Waals surface area contributed by atoms with Crippen LogP contribution in [0, 0.1) is 41.4 Å². The minimum Gasteiger partial charge on any atom is -0.333 e. The summed E-state index contributed by atoms with van der Waals surface area (Å²) >= 11 is 0. The maximum Gasteiger partial charge on any atom is 0.0803 e. The Morgan fingerprint density at radius 2 is 1.51 bits per heavy atom. The van der Waals surface area contributed by atoms with Crippen molar-refractivity contribution in [2.45, 2.75) is 50.4 Å². The molecule has 14 rings (SSSR count). The van der Waals surface area contributed by atoms with E-state index in [0.717, 1.165) is 25.8 Å². The van der Waals surface area contributed by atoms with Crippen LogP contribution in [0.1, 0.15) is 53.6 Å². The smallest absolute Gasteiger partial charge is 0.0803 e. The molecule has 0 spiro atoms. The number of rotatable bonds is 9. The monoisotopic (exact) mass is 908 g/mol. The van der Waals surface area contributed by atoms with Gasteiger partial charge >= 0.3 is 0 Å². The van der Waals surface area contributed by atoms with Crippen LogP contribution < -0.4 is 15.5 Å². The second kappa shape index (κ2) is 17.2. The van der Waals surface area contributed by atoms with Crippen molar-refractivity contribution in [1.82, 2.24) is 15.2 Å². The fourth-order valence-electron chi connectivity index (χ4n) is 13.9. The van der Waals surface area contributed by atoms with Gasteiger partial charge in [-0.25, -0.2) is 0 Å². The van der Waals surface area contributed by atoms with Gasteiger partial charge in [-0.3, -0.25) is 10.6 Å². The van der Waals surface area contributed by atoms with Gasteiger partial charge in [-0.2, -0.15) is 0 Å². The summed E-state index contributed by atoms with van der Waals surface area (Å²) in [5.74, 6) is 2.78. The fraction of sp³-hybridized carbons (Fsp3) is 0.242. The van der Waals surface area contributed by atoms with E-state index in [1.165, 1.54) is 77.8 Å². The lowest BCUT2D eigenvalue weighted by molar-refractivity contribution is 0.282. The van der Waals surface area contributed by atoms with E-state index >= 15 is 0 Å². The van der Waals surface area contributed by atoms with Crippen molar-refractivity contribution in [2.24, 2.45) is 41.4 Å². The summed E-state index contributed by atoms with van der Waals surface area (Å²) in [4.78, 5) is 2.60. The molecule has 0 saturated carbocycles. The van der Waals surface area contributed by atoms with E-state index in [1.807, 2.05) is 0 Å². The number of anilines is 2. The normalized spacial score (nSPS) is 28.9. The molecule has 4 heteroatoms. The van der Waals surface area contributed by atoms with Crippen molar-refractivity contribution in [1.29, 1.82) is 0 Å². The van der Waals surface area contributed by atoms with Crippen LogP contribution >= 0.6 is 0 Å². The molecule has 0 radical (unpaired) electrons. The number of hydrogen-bond donors (Lipinski definition) is 2. The summed E-state index contributed by atoms with van der Waals surface area (Å²) in [5.41, 5.74) is 15.0. The molecule has 4 nitrogen and oxygen atoms in total. The molecule has 0 saturated heterocycles. The van der Waals surface area contributed by atoms with Gasteiger partial charge < -0.3 is 9.47 Å². The minimum absolute atomic E-state index is 0.000328. The Labute approximate surface area is 412 Å². The van der Waals surface area contributed by atoms with E-state index in [4.69, 9.17) is 0 Å². The van der Waals surface area contributed by atoms with Crippen LogP contribution in [-0.2, 0) is 6.42 Å². The van der Waals surface area contributed by atoms with Gasteiger partial charge in [-0.15, -0.1) is 0 Å². The molecule has 0 amide bonds. The molecule has 4 aromatic carbocycles. The molecule has 11 unspecified atom stereocenters. The number of hydrogen-bond acceptors (Lipinski definition) is 3. The number of para-hydroxylation sites is 1. The number of nitrogens with zero attached hydrogens (tertiary/aromatic N) is 2. The highest BCUT2D eigenvalue weighted by Gasteiger charge is 2.43. The fourth-order valence-corrected chi connectivity index (χ4v) is 13.9. The lowest BCUT2D eigenvalue weighted by Gasteiger charge is -2.44. The summed E-state index contributed by atoms with van der Waals surface area (Å²) in [7, 11) is 0. The van der Waals surface area contributed by atoms with Crippen LogP contribution in [0.25, 0.3) is 39.5 Å². The Bertz CT molecular complexity index is 3380. The van der Waals surface area contributed by atoms with Crippen LogP contribution in [0.15, 0.2) is 218 Å². The first-order chi connectivity index (χ1) is 34.6. The molecule has 2 heterocycles. The van der Waals surface area contributed by atoms with Gasteiger partial charge in [0.25, 0.3) is 0 Å². The Kier molecular flexibility index (Phi) is 10.3. The molecule has 70 heavy (non-hydrogen) atoms. The average molecular weight is 909 g/mol. The molecule has 8 aliphatic carbocycles. The van der Waals surface area contributed by atoms with Crippen molar-refractivity contribution >= 4 is 50.9 Å². The zero-order valence-electron chi connectivity index (χ0n) is 39.9. The second-order valence-electron chi connectivity index (χ2n) is 21.0. The summed E-state index contributed by atoms with van der Waals surface area (Å²) < 4.78 is 2.70. The van der Waals surface area contributed by atoms with Gasteiger partial charge in [0.1, 0.15) is 0 Å². The highest BCUT2D eigenvalue weighted by atomic mass is 15.2. The zero-order chi connectivity index (χ0) is 46.3. The van der Waals surface area contributed by atoms with E-state index in [-0.39, 0.29) is 30.1 Å². The van der Waals surface area contributed by atoms with E-state index in [0.29, 0.717) is 35.5 Å². The van der Waals surface area contributed by atoms with Crippen molar-refractivity contribution in [3.63, 3.8) is 0 Å². The molecular weight excluding hydrogens is 849 g/mol. The SMILES string of the molecule is CC(NC(NCC1C(n2c3c(c4cc5ccc(N6c7ccccc7C7c8ccccc8C=CC76)cc5cc42)C=CCC3)=CC=C2C=CC=CC21)C1=CC2C=CC=CC2C2C=CC=CC12)C1C=CC=CC1. The quantitative estimate of drug-likeness (QED) is 0.114. The van der Waals surface area contributed by atoms with Crippen LogP contribution in [-0.4, -0.2) is 29.4 Å². The first kappa shape index (κ1) is 41.9. The van der Waals surface area contributed by atoms with Gasteiger partial charge in [0.2, 0.25) is 0 Å². The molecule has 0 bridgehead atoms. The van der Waals surface area contributed by atoms with Crippen molar-refractivity contribution in [3.05, 3.63) is 246 Å². The zero-order valence-corrected chi connectivity index (χ0v) is 39.9. The average Bonchev–Trinajstić information content (AvgIpc) is 3.93. The van der Waals surface area contributed by atoms with Gasteiger partial charge in [0.05, 0.1) is 17.7 Å². The van der Waals surface area contributed by atoms with Gasteiger partial charge in [-0.1, -0.05) is 182 Å². The molecule has 1 aromatic heterocycles. The minimum atomic E-state index is 0.000328. The molecule has 344 valence electrons. The standard InChI is InChI=1S/C66H60N4/c1-42(43-17-3-2-4-18-43)68-66(58-39-47-21-7-9-23-51(47)53-25-11-12-26-54(53)58)67-41-59-50-22-8-5-19-44(50)32-35-62(59)70-60-29-15-13-27-55(60)57-38-46-31-34-49(37-48(46)40-64(57)70)69-61-30-16-14-28-56(61)65-52-24-10-6-20-45(52)33-36-63(65)69/h2-14,16-17,19-28,30-40,42-43,47,50-51,53-54,59,63,65-68H,15,18,29,41H2,1H3. The van der Waals surface area contributed by atoms with Crippen LogP contribution in [0.3, 0.4) is 0 Å². The number of allylic oxidation sites excluding steroid dienone is 20. The van der Waals surface area contributed by atoms with E-state index < -0.39 is 0 Å². The molecule has 5 aromatic rings. The maximum absolute atomic E-state index is 4.33. The molecular formula is C66H60N4. The Morgan fingerprint density at radius 3 is 2.44 bits per heavy atom. The second-order valence-corrected chi connectivity index (χ2v) is 21.0. The third-order valence-corrected chi connectivity index (χ3v) is 17.3. The number of nitrogens with one attached hydrogen (secondary N) is 2. The number of fused-ring (bicyclic) bond motifs is 13. The largest absolute Gasteiger partial charge is 0.333 e.